The Balaban J connectivity index is 1.78. The molecule has 1 spiro atoms. The number of carbonyl (C=O) groups is 1. The molecule has 1 amide bonds. The van der Waals surface area contributed by atoms with Crippen molar-refractivity contribution in [2.45, 2.75) is 12.0 Å². The highest BCUT2D eigenvalue weighted by Crippen LogP contribution is 2.48. The van der Waals surface area contributed by atoms with Crippen molar-refractivity contribution in [3.05, 3.63) is 63.8 Å². The van der Waals surface area contributed by atoms with Gasteiger partial charge in [-0.15, -0.1) is 0 Å². The van der Waals surface area contributed by atoms with Crippen molar-refractivity contribution in [2.24, 2.45) is 0 Å². The van der Waals surface area contributed by atoms with Crippen LogP contribution in [0, 0.1) is 0 Å². The third kappa shape index (κ3) is 2.27. The average molecular weight is 426 g/mol. The van der Waals surface area contributed by atoms with E-state index in [-0.39, 0.29) is 5.91 Å². The zero-order valence-electron chi connectivity index (χ0n) is 15.0. The minimum atomic E-state index is -0.876. The number of nitrogens with one attached hydrogen (secondary N) is 2. The second-order valence-corrected chi connectivity index (χ2v) is 7.98. The van der Waals surface area contributed by atoms with Crippen molar-refractivity contribution in [1.82, 2.24) is 10.3 Å². The van der Waals surface area contributed by atoms with Gasteiger partial charge in [-0.2, -0.15) is 0 Å². The Morgan fingerprint density at radius 1 is 1.26 bits per heavy atom. The lowest BCUT2D eigenvalue weighted by molar-refractivity contribution is -0.123. The first-order valence-corrected chi connectivity index (χ1v) is 9.92. The molecule has 0 bridgehead atoms. The van der Waals surface area contributed by atoms with Crippen LogP contribution < -0.4 is 10.2 Å². The number of anilines is 1. The van der Waals surface area contributed by atoms with Crippen molar-refractivity contribution < 1.29 is 9.53 Å². The van der Waals surface area contributed by atoms with E-state index in [9.17, 15) is 4.79 Å². The molecular formula is C21H20BrN3O2. The molecule has 1 atom stereocenters. The number of carbonyl (C=O) groups excluding carboxylic acids is 1. The number of methoxy groups -OCH3 is 1. The molecule has 0 aliphatic carbocycles. The Bertz CT molecular complexity index is 1060. The molecule has 27 heavy (non-hydrogen) atoms. The summed E-state index contributed by atoms with van der Waals surface area (Å²) in [7, 11) is 1.66. The van der Waals surface area contributed by atoms with E-state index in [2.05, 4.69) is 50.5 Å². The largest absolute Gasteiger partial charge is 0.383 e. The first-order chi connectivity index (χ1) is 13.2. The number of rotatable bonds is 3. The van der Waals surface area contributed by atoms with Gasteiger partial charge in [-0.1, -0.05) is 34.1 Å². The van der Waals surface area contributed by atoms with Gasteiger partial charge in [0.25, 0.3) is 5.91 Å². The molecule has 1 unspecified atom stereocenters. The summed E-state index contributed by atoms with van der Waals surface area (Å²) < 4.78 is 6.22. The van der Waals surface area contributed by atoms with Crippen LogP contribution in [0.3, 0.4) is 0 Å². The lowest BCUT2D eigenvalue weighted by Crippen LogP contribution is -2.55. The first-order valence-electron chi connectivity index (χ1n) is 9.13. The summed E-state index contributed by atoms with van der Waals surface area (Å²) in [5.74, 6) is 0.0557. The summed E-state index contributed by atoms with van der Waals surface area (Å²) in [6, 6.07) is 14.3. The summed E-state index contributed by atoms with van der Waals surface area (Å²) in [6.45, 7) is 1.78. The number of halogens is 1. The lowest BCUT2D eigenvalue weighted by Gasteiger charge is -2.34. The fourth-order valence-corrected chi connectivity index (χ4v) is 4.89. The molecule has 0 saturated carbocycles. The van der Waals surface area contributed by atoms with Crippen LogP contribution in [-0.4, -0.2) is 37.7 Å². The van der Waals surface area contributed by atoms with E-state index in [1.807, 2.05) is 23.1 Å². The number of aromatic amines is 1. The molecule has 0 radical (unpaired) electrons. The van der Waals surface area contributed by atoms with E-state index in [0.717, 1.165) is 39.9 Å². The number of fused-ring (bicyclic) bond motifs is 6. The highest BCUT2D eigenvalue weighted by molar-refractivity contribution is 9.10. The topological polar surface area (TPSA) is 57.4 Å². The first kappa shape index (κ1) is 17.0. The SMILES string of the molecule is COCCN1C(=O)C2(NCCc3c2[nH]c2ccccc32)c2cc(Br)ccc21. The van der Waals surface area contributed by atoms with Gasteiger partial charge in [0.05, 0.1) is 12.3 Å². The fourth-order valence-electron chi connectivity index (χ4n) is 4.53. The van der Waals surface area contributed by atoms with Gasteiger partial charge in [-0.25, -0.2) is 0 Å². The van der Waals surface area contributed by atoms with Crippen molar-refractivity contribution in [2.75, 3.05) is 31.7 Å². The molecule has 2 aromatic carbocycles. The van der Waals surface area contributed by atoms with Crippen LogP contribution in [0.4, 0.5) is 5.69 Å². The van der Waals surface area contributed by atoms with E-state index in [4.69, 9.17) is 4.74 Å². The summed E-state index contributed by atoms with van der Waals surface area (Å²) >= 11 is 3.59. The zero-order chi connectivity index (χ0) is 18.6. The Hall–Kier alpha value is -2.15. The number of hydrogen-bond acceptors (Lipinski definition) is 3. The molecule has 3 aromatic rings. The van der Waals surface area contributed by atoms with Crippen LogP contribution in [0.5, 0.6) is 0 Å². The molecule has 5 rings (SSSR count). The summed E-state index contributed by atoms with van der Waals surface area (Å²) in [5.41, 5.74) is 4.34. The molecule has 2 aliphatic heterocycles. The van der Waals surface area contributed by atoms with Gasteiger partial charge in [0, 0.05) is 46.8 Å². The Morgan fingerprint density at radius 3 is 2.96 bits per heavy atom. The highest BCUT2D eigenvalue weighted by atomic mass is 79.9. The van der Waals surface area contributed by atoms with E-state index in [1.165, 1.54) is 10.9 Å². The van der Waals surface area contributed by atoms with Gasteiger partial charge in [0.15, 0.2) is 5.54 Å². The average Bonchev–Trinajstić information content (AvgIpc) is 3.17. The van der Waals surface area contributed by atoms with Crippen LogP contribution in [0.1, 0.15) is 16.8 Å². The smallest absolute Gasteiger partial charge is 0.258 e. The van der Waals surface area contributed by atoms with E-state index in [1.54, 1.807) is 7.11 Å². The van der Waals surface area contributed by atoms with Gasteiger partial charge in [0.1, 0.15) is 0 Å². The third-order valence-corrected chi connectivity index (χ3v) is 6.19. The minimum absolute atomic E-state index is 0.0557. The highest BCUT2D eigenvalue weighted by Gasteiger charge is 2.55. The van der Waals surface area contributed by atoms with Crippen molar-refractivity contribution in [3.8, 4) is 0 Å². The third-order valence-electron chi connectivity index (χ3n) is 5.69. The Morgan fingerprint density at radius 2 is 2.11 bits per heavy atom. The van der Waals surface area contributed by atoms with Crippen molar-refractivity contribution >= 4 is 38.4 Å². The summed E-state index contributed by atoms with van der Waals surface area (Å²) in [4.78, 5) is 19.2. The quantitative estimate of drug-likeness (QED) is 0.676. The van der Waals surface area contributed by atoms with Gasteiger partial charge >= 0.3 is 0 Å². The standard InChI is InChI=1S/C21H20BrN3O2/c1-27-11-10-25-18-7-6-13(22)12-16(18)21(20(25)26)19-15(8-9-23-21)14-4-2-3-5-17(14)24-19/h2-7,12,23-24H,8-11H2,1H3. The molecule has 6 heteroatoms. The maximum absolute atomic E-state index is 13.8. The number of para-hydroxylation sites is 1. The maximum atomic E-state index is 13.8. The monoisotopic (exact) mass is 425 g/mol. The Kier molecular flexibility index (Phi) is 3.89. The molecule has 1 aromatic heterocycles. The van der Waals surface area contributed by atoms with Crippen LogP contribution >= 0.6 is 15.9 Å². The van der Waals surface area contributed by atoms with Crippen LogP contribution in [0.25, 0.3) is 10.9 Å². The second-order valence-electron chi connectivity index (χ2n) is 7.06. The van der Waals surface area contributed by atoms with E-state index in [0.29, 0.717) is 13.2 Å². The normalized spacial score (nSPS) is 21.1. The zero-order valence-corrected chi connectivity index (χ0v) is 16.6. The molecule has 2 N–H and O–H groups in total. The summed E-state index contributed by atoms with van der Waals surface area (Å²) in [5, 5.41) is 4.77. The molecule has 5 nitrogen and oxygen atoms in total. The van der Waals surface area contributed by atoms with Crippen LogP contribution in [-0.2, 0) is 21.5 Å². The van der Waals surface area contributed by atoms with E-state index < -0.39 is 5.54 Å². The van der Waals surface area contributed by atoms with Gasteiger partial charge in [-0.3, -0.25) is 10.1 Å². The molecule has 0 fully saturated rings. The molecule has 2 aliphatic rings. The predicted octanol–water partition coefficient (Wildman–Crippen LogP) is 3.31. The number of hydrogen-bond donors (Lipinski definition) is 2. The lowest BCUT2D eigenvalue weighted by atomic mass is 9.82. The van der Waals surface area contributed by atoms with Gasteiger partial charge < -0.3 is 14.6 Å². The molecular weight excluding hydrogens is 406 g/mol. The maximum Gasteiger partial charge on any atom is 0.258 e. The summed E-state index contributed by atoms with van der Waals surface area (Å²) in [6.07, 6.45) is 0.899. The van der Waals surface area contributed by atoms with E-state index >= 15 is 0 Å². The minimum Gasteiger partial charge on any atom is -0.383 e. The second kappa shape index (κ2) is 6.19. The van der Waals surface area contributed by atoms with Crippen LogP contribution in [0.2, 0.25) is 0 Å². The number of amides is 1. The number of H-pyrrole nitrogens is 1. The number of ether oxygens (including phenoxy) is 1. The van der Waals surface area contributed by atoms with Crippen molar-refractivity contribution in [1.29, 1.82) is 0 Å². The number of benzene rings is 2. The molecule has 3 heterocycles. The van der Waals surface area contributed by atoms with Crippen LogP contribution in [0.15, 0.2) is 46.9 Å². The molecule has 138 valence electrons. The van der Waals surface area contributed by atoms with Gasteiger partial charge in [0.2, 0.25) is 0 Å². The van der Waals surface area contributed by atoms with Gasteiger partial charge in [-0.05, 0) is 36.2 Å². The predicted molar refractivity (Wildman–Crippen MR) is 109 cm³/mol. The van der Waals surface area contributed by atoms with Crippen molar-refractivity contribution in [3.63, 3.8) is 0 Å². The number of nitrogens with zero attached hydrogens (tertiary/aromatic N) is 1. The number of aromatic nitrogens is 1. The Labute approximate surface area is 165 Å². The fraction of sp³-hybridized carbons (Fsp3) is 0.286. The molecule has 0 saturated heterocycles.